The van der Waals surface area contributed by atoms with Gasteiger partial charge in [0, 0.05) is 5.69 Å². The third-order valence-electron chi connectivity index (χ3n) is 4.36. The number of benzene rings is 2. The van der Waals surface area contributed by atoms with Crippen molar-refractivity contribution in [3.63, 3.8) is 0 Å². The summed E-state index contributed by atoms with van der Waals surface area (Å²) in [6.07, 6.45) is 0. The first-order valence-corrected chi connectivity index (χ1v) is 8.59. The van der Waals surface area contributed by atoms with Crippen molar-refractivity contribution >= 4 is 17.6 Å². The molecule has 3 rings (SSSR count). The minimum Gasteiger partial charge on any atom is -0.465 e. The van der Waals surface area contributed by atoms with Gasteiger partial charge in [-0.2, -0.15) is 0 Å². The maximum Gasteiger partial charge on any atom is 0.337 e. The number of esters is 1. The second-order valence-corrected chi connectivity index (χ2v) is 6.28. The summed E-state index contributed by atoms with van der Waals surface area (Å²) in [5, 5.41) is 6.03. The number of carbonyl (C=O) groups excluding carboxylic acids is 2. The number of carbonyl (C=O) groups is 2. The summed E-state index contributed by atoms with van der Waals surface area (Å²) < 4.78 is 15.4. The molecule has 0 radical (unpaired) electrons. The van der Waals surface area contributed by atoms with E-state index in [1.165, 1.54) is 7.11 Å². The molecule has 1 amide bonds. The molecule has 1 atom stereocenters. The lowest BCUT2D eigenvalue weighted by atomic mass is 10.1. The molecule has 0 aromatic heterocycles. The molecular weight excluding hydrogens is 348 g/mol. The Morgan fingerprint density at radius 2 is 1.93 bits per heavy atom. The van der Waals surface area contributed by atoms with Crippen LogP contribution in [0.2, 0.25) is 0 Å². The number of hydrogen-bond donors (Lipinski definition) is 2. The highest BCUT2D eigenvalue weighted by molar-refractivity contribution is 5.90. The van der Waals surface area contributed by atoms with Crippen molar-refractivity contribution in [3.8, 4) is 11.5 Å². The topological polar surface area (TPSA) is 85.9 Å². The third kappa shape index (κ3) is 4.31. The lowest BCUT2D eigenvalue weighted by molar-refractivity contribution is -0.120. The zero-order chi connectivity index (χ0) is 19.4. The van der Waals surface area contributed by atoms with Gasteiger partial charge >= 0.3 is 5.97 Å². The molecule has 0 spiro atoms. The molecule has 1 heterocycles. The molecule has 0 aliphatic carbocycles. The van der Waals surface area contributed by atoms with Crippen LogP contribution in [0.25, 0.3) is 0 Å². The van der Waals surface area contributed by atoms with Gasteiger partial charge in [0.15, 0.2) is 11.5 Å². The molecule has 0 saturated carbocycles. The average Bonchev–Trinajstić information content (AvgIpc) is 3.14. The number of amides is 1. The second kappa shape index (κ2) is 7.99. The highest BCUT2D eigenvalue weighted by Gasteiger charge is 2.17. The third-order valence-corrected chi connectivity index (χ3v) is 4.36. The predicted molar refractivity (Wildman–Crippen MR) is 100 cm³/mol. The molecule has 2 aromatic carbocycles. The quantitative estimate of drug-likeness (QED) is 0.761. The van der Waals surface area contributed by atoms with Crippen LogP contribution in [0.4, 0.5) is 5.69 Å². The van der Waals surface area contributed by atoms with E-state index in [-0.39, 0.29) is 31.3 Å². The number of nitrogens with one attached hydrogen (secondary N) is 2. The first-order valence-electron chi connectivity index (χ1n) is 8.59. The molecular formula is C20H22N2O5. The van der Waals surface area contributed by atoms with Gasteiger partial charge in [-0.05, 0) is 55.3 Å². The van der Waals surface area contributed by atoms with Crippen LogP contribution in [0, 0.1) is 6.92 Å². The van der Waals surface area contributed by atoms with Crippen molar-refractivity contribution in [2.45, 2.75) is 19.9 Å². The lowest BCUT2D eigenvalue weighted by Gasteiger charge is -2.16. The minimum absolute atomic E-state index is 0.118. The van der Waals surface area contributed by atoms with Crippen LogP contribution >= 0.6 is 0 Å². The van der Waals surface area contributed by atoms with Gasteiger partial charge in [-0.25, -0.2) is 4.79 Å². The van der Waals surface area contributed by atoms with E-state index < -0.39 is 0 Å². The smallest absolute Gasteiger partial charge is 0.337 e. The van der Waals surface area contributed by atoms with Crippen molar-refractivity contribution in [1.29, 1.82) is 0 Å². The maximum absolute atomic E-state index is 12.3. The Morgan fingerprint density at radius 3 is 2.67 bits per heavy atom. The normalized spacial score (nSPS) is 13.0. The molecule has 1 aliphatic rings. The molecule has 0 saturated heterocycles. The molecule has 1 aliphatic heterocycles. The SMILES string of the molecule is COC(=O)c1ccc(NCC(=O)NC(C)c2ccc3c(c2)OCO3)c(C)c1. The zero-order valence-corrected chi connectivity index (χ0v) is 15.5. The van der Waals surface area contributed by atoms with Gasteiger partial charge in [0.2, 0.25) is 12.7 Å². The monoisotopic (exact) mass is 370 g/mol. The van der Waals surface area contributed by atoms with Crippen LogP contribution in [0.15, 0.2) is 36.4 Å². The van der Waals surface area contributed by atoms with E-state index in [1.807, 2.05) is 32.0 Å². The molecule has 7 nitrogen and oxygen atoms in total. The van der Waals surface area contributed by atoms with Crippen LogP contribution in [0.5, 0.6) is 11.5 Å². The Bertz CT molecular complexity index is 865. The largest absolute Gasteiger partial charge is 0.465 e. The van der Waals surface area contributed by atoms with Crippen molar-refractivity contribution in [2.24, 2.45) is 0 Å². The van der Waals surface area contributed by atoms with Gasteiger partial charge in [-0.15, -0.1) is 0 Å². The van der Waals surface area contributed by atoms with Gasteiger partial charge in [-0.1, -0.05) is 6.07 Å². The van der Waals surface area contributed by atoms with Gasteiger partial charge in [0.1, 0.15) is 0 Å². The predicted octanol–water partition coefficient (Wildman–Crippen LogP) is 2.80. The van der Waals surface area contributed by atoms with E-state index in [9.17, 15) is 9.59 Å². The summed E-state index contributed by atoms with van der Waals surface area (Å²) in [6, 6.07) is 10.6. The van der Waals surface area contributed by atoms with E-state index in [4.69, 9.17) is 14.2 Å². The van der Waals surface area contributed by atoms with Crippen molar-refractivity contribution < 1.29 is 23.8 Å². The van der Waals surface area contributed by atoms with Gasteiger partial charge in [0.25, 0.3) is 0 Å². The number of anilines is 1. The summed E-state index contributed by atoms with van der Waals surface area (Å²) in [7, 11) is 1.34. The highest BCUT2D eigenvalue weighted by atomic mass is 16.7. The summed E-state index contributed by atoms with van der Waals surface area (Å²) in [5.74, 6) is 0.870. The molecule has 2 aromatic rings. The van der Waals surface area contributed by atoms with Crippen LogP contribution in [-0.2, 0) is 9.53 Å². The molecule has 7 heteroatoms. The lowest BCUT2D eigenvalue weighted by Crippen LogP contribution is -2.32. The molecule has 142 valence electrons. The van der Waals surface area contributed by atoms with Crippen molar-refractivity contribution in [3.05, 3.63) is 53.1 Å². The van der Waals surface area contributed by atoms with Crippen LogP contribution in [-0.4, -0.2) is 32.3 Å². The van der Waals surface area contributed by atoms with Gasteiger partial charge in [0.05, 0.1) is 25.3 Å². The second-order valence-electron chi connectivity index (χ2n) is 6.28. The minimum atomic E-state index is -0.389. The molecule has 27 heavy (non-hydrogen) atoms. The van der Waals surface area contributed by atoms with E-state index >= 15 is 0 Å². The standard InChI is InChI=1S/C20H22N2O5/c1-12-8-15(20(24)25-3)4-6-16(12)21-10-19(23)22-13(2)14-5-7-17-18(9-14)27-11-26-17/h4-9,13,21H,10-11H2,1-3H3,(H,22,23). The van der Waals surface area contributed by atoms with Gasteiger partial charge < -0.3 is 24.8 Å². The zero-order valence-electron chi connectivity index (χ0n) is 15.5. The Labute approximate surface area is 157 Å². The molecule has 0 fully saturated rings. The number of hydrogen-bond acceptors (Lipinski definition) is 6. The highest BCUT2D eigenvalue weighted by Crippen LogP contribution is 2.34. The summed E-state index contributed by atoms with van der Waals surface area (Å²) in [5.41, 5.74) is 3.05. The number of fused-ring (bicyclic) bond motifs is 1. The first-order chi connectivity index (χ1) is 13.0. The first kappa shape index (κ1) is 18.6. The molecule has 2 N–H and O–H groups in total. The van der Waals surface area contributed by atoms with Crippen LogP contribution in [0.3, 0.4) is 0 Å². The molecule has 0 bridgehead atoms. The van der Waals surface area contributed by atoms with E-state index in [1.54, 1.807) is 18.2 Å². The fourth-order valence-electron chi connectivity index (χ4n) is 2.84. The Balaban J connectivity index is 1.56. The van der Waals surface area contributed by atoms with E-state index in [2.05, 4.69) is 10.6 Å². The summed E-state index contributed by atoms with van der Waals surface area (Å²) in [4.78, 5) is 23.8. The maximum atomic E-state index is 12.3. The number of methoxy groups -OCH3 is 1. The van der Waals surface area contributed by atoms with E-state index in [0.29, 0.717) is 17.1 Å². The summed E-state index contributed by atoms with van der Waals surface area (Å²) in [6.45, 7) is 4.11. The van der Waals surface area contributed by atoms with Crippen LogP contribution < -0.4 is 20.1 Å². The number of ether oxygens (including phenoxy) is 3. The fraction of sp³-hybridized carbons (Fsp3) is 0.300. The van der Waals surface area contributed by atoms with Gasteiger partial charge in [-0.3, -0.25) is 4.79 Å². The molecule has 1 unspecified atom stereocenters. The average molecular weight is 370 g/mol. The Kier molecular flexibility index (Phi) is 5.49. The Hall–Kier alpha value is -3.22. The summed E-state index contributed by atoms with van der Waals surface area (Å²) >= 11 is 0. The Morgan fingerprint density at radius 1 is 1.15 bits per heavy atom. The van der Waals surface area contributed by atoms with Crippen LogP contribution in [0.1, 0.15) is 34.5 Å². The van der Waals surface area contributed by atoms with E-state index in [0.717, 1.165) is 16.8 Å². The van der Waals surface area contributed by atoms with Crippen molar-refractivity contribution in [2.75, 3.05) is 25.8 Å². The fourth-order valence-corrected chi connectivity index (χ4v) is 2.84. The van der Waals surface area contributed by atoms with Crippen molar-refractivity contribution in [1.82, 2.24) is 5.32 Å². The number of rotatable bonds is 6. The number of aryl methyl sites for hydroxylation is 1.